The Kier molecular flexibility index (Phi) is 6.80. The first-order valence-electron chi connectivity index (χ1n) is 10.3. The third-order valence-electron chi connectivity index (χ3n) is 5.90. The lowest BCUT2D eigenvalue weighted by Crippen LogP contribution is -2.41. The second-order valence-corrected chi connectivity index (χ2v) is 9.15. The van der Waals surface area contributed by atoms with E-state index in [1.165, 1.54) is 11.3 Å². The van der Waals surface area contributed by atoms with E-state index in [0.29, 0.717) is 10.0 Å². The molecule has 0 unspecified atom stereocenters. The SMILES string of the molecule is C=C(C)[C@@H]1CCC(C)=C([N+](C)(C)C)[C@@H]1c1c(O)cc(CCCCC)cc1O. The topological polar surface area (TPSA) is 40.5 Å². The molecule has 3 nitrogen and oxygen atoms in total. The van der Waals surface area contributed by atoms with Gasteiger partial charge >= 0.3 is 0 Å². The molecule has 2 N–H and O–H groups in total. The van der Waals surface area contributed by atoms with Gasteiger partial charge in [-0.3, -0.25) is 0 Å². The van der Waals surface area contributed by atoms with Crippen LogP contribution in [0.4, 0.5) is 0 Å². The van der Waals surface area contributed by atoms with E-state index in [2.05, 4.69) is 48.5 Å². The summed E-state index contributed by atoms with van der Waals surface area (Å²) in [4.78, 5) is 0. The smallest absolute Gasteiger partial charge is 0.123 e. The predicted octanol–water partition coefficient (Wildman–Crippen LogP) is 5.88. The van der Waals surface area contributed by atoms with Crippen molar-refractivity contribution in [3.8, 4) is 11.5 Å². The molecule has 0 saturated carbocycles. The Labute approximate surface area is 165 Å². The average molecular weight is 373 g/mol. The van der Waals surface area contributed by atoms with Gasteiger partial charge in [0.25, 0.3) is 0 Å². The molecule has 0 spiro atoms. The highest BCUT2D eigenvalue weighted by Gasteiger charge is 2.41. The van der Waals surface area contributed by atoms with Crippen LogP contribution >= 0.6 is 0 Å². The number of nitrogens with zero attached hydrogens (tertiary/aromatic N) is 1. The summed E-state index contributed by atoms with van der Waals surface area (Å²) in [7, 11) is 6.50. The van der Waals surface area contributed by atoms with E-state index < -0.39 is 0 Å². The van der Waals surface area contributed by atoms with Crippen molar-refractivity contribution >= 4 is 0 Å². The summed E-state index contributed by atoms with van der Waals surface area (Å²) in [5.74, 6) is 0.626. The first-order chi connectivity index (χ1) is 12.6. The molecule has 0 fully saturated rings. The number of aryl methyl sites for hydroxylation is 1. The Morgan fingerprint density at radius 2 is 1.74 bits per heavy atom. The monoisotopic (exact) mass is 372 g/mol. The van der Waals surface area contributed by atoms with E-state index in [0.717, 1.165) is 49.7 Å². The Morgan fingerprint density at radius 3 is 2.22 bits per heavy atom. The number of phenols is 2. The van der Waals surface area contributed by atoms with Gasteiger partial charge in [-0.25, -0.2) is 0 Å². The summed E-state index contributed by atoms with van der Waals surface area (Å²) in [5, 5.41) is 21.9. The minimum absolute atomic E-state index is 0.0408. The molecule has 150 valence electrons. The van der Waals surface area contributed by atoms with Crippen LogP contribution in [0.2, 0.25) is 0 Å². The molecule has 1 aromatic carbocycles. The van der Waals surface area contributed by atoms with Gasteiger partial charge in [-0.1, -0.05) is 31.9 Å². The average Bonchev–Trinajstić information content (AvgIpc) is 2.53. The molecule has 0 amide bonds. The molecule has 27 heavy (non-hydrogen) atoms. The van der Waals surface area contributed by atoms with Gasteiger partial charge in [0.1, 0.15) is 17.2 Å². The molecule has 0 radical (unpaired) electrons. The highest BCUT2D eigenvalue weighted by Crippen LogP contribution is 2.51. The van der Waals surface area contributed by atoms with Crippen LogP contribution in [0.25, 0.3) is 0 Å². The van der Waals surface area contributed by atoms with E-state index in [9.17, 15) is 10.2 Å². The van der Waals surface area contributed by atoms with Crippen molar-refractivity contribution in [2.45, 2.75) is 65.2 Å². The zero-order valence-corrected chi connectivity index (χ0v) is 18.1. The number of phenolic OH excluding ortho intramolecular Hbond substituents is 2. The van der Waals surface area contributed by atoms with Gasteiger partial charge < -0.3 is 14.7 Å². The highest BCUT2D eigenvalue weighted by molar-refractivity contribution is 5.52. The number of aromatic hydroxyl groups is 2. The number of hydrogen-bond acceptors (Lipinski definition) is 2. The van der Waals surface area contributed by atoms with Gasteiger partial charge in [-0.2, -0.15) is 0 Å². The van der Waals surface area contributed by atoms with E-state index in [4.69, 9.17) is 0 Å². The standard InChI is InChI=1S/C24H37NO2/c1-8-9-10-11-18-14-20(26)23(21(27)15-18)22-19(16(2)3)13-12-17(4)24(22)25(5,6)7/h14-15,19,22H,2,8-13H2,1,3-7H3,(H-,26,27)/p+1/t19-,22-/m0/s1. The Morgan fingerprint density at radius 1 is 1.15 bits per heavy atom. The minimum Gasteiger partial charge on any atom is -0.507 e. The van der Waals surface area contributed by atoms with Crippen LogP contribution in [-0.2, 0) is 6.42 Å². The minimum atomic E-state index is -0.0408. The van der Waals surface area contributed by atoms with Crippen LogP contribution in [0.5, 0.6) is 11.5 Å². The number of likely N-dealkylation sites (N-methyl/N-ethyl adjacent to an activating group) is 1. The van der Waals surface area contributed by atoms with Gasteiger partial charge in [-0.05, 0) is 68.7 Å². The summed E-state index contributed by atoms with van der Waals surface area (Å²) in [6.45, 7) is 10.7. The molecule has 0 bridgehead atoms. The predicted molar refractivity (Wildman–Crippen MR) is 114 cm³/mol. The molecule has 1 aromatic rings. The molecule has 1 aliphatic carbocycles. The van der Waals surface area contributed by atoms with Crippen LogP contribution in [0.3, 0.4) is 0 Å². The molecular weight excluding hydrogens is 334 g/mol. The lowest BCUT2D eigenvalue weighted by Gasteiger charge is -2.41. The van der Waals surface area contributed by atoms with Crippen molar-refractivity contribution in [3.05, 3.63) is 46.7 Å². The van der Waals surface area contributed by atoms with Gasteiger partial charge in [0.2, 0.25) is 0 Å². The molecule has 0 heterocycles. The maximum absolute atomic E-state index is 10.9. The third kappa shape index (κ3) is 4.76. The summed E-state index contributed by atoms with van der Waals surface area (Å²) in [5.41, 5.74) is 5.43. The summed E-state index contributed by atoms with van der Waals surface area (Å²) in [6.07, 6.45) is 6.34. The number of allylic oxidation sites excluding steroid dienone is 3. The fraction of sp³-hybridized carbons (Fsp3) is 0.583. The van der Waals surface area contributed by atoms with Crippen LogP contribution in [-0.4, -0.2) is 35.8 Å². The second kappa shape index (κ2) is 8.52. The summed E-state index contributed by atoms with van der Waals surface area (Å²) >= 11 is 0. The fourth-order valence-corrected chi connectivity index (χ4v) is 4.70. The van der Waals surface area contributed by atoms with E-state index >= 15 is 0 Å². The number of quaternary nitrogens is 1. The van der Waals surface area contributed by atoms with Crippen LogP contribution in [0.1, 0.15) is 69.9 Å². The van der Waals surface area contributed by atoms with Crippen LogP contribution < -0.4 is 0 Å². The first-order valence-corrected chi connectivity index (χ1v) is 10.3. The normalized spacial score (nSPS) is 20.8. The Balaban J connectivity index is 2.56. The molecule has 0 aliphatic heterocycles. The van der Waals surface area contributed by atoms with Gasteiger partial charge in [-0.15, -0.1) is 0 Å². The quantitative estimate of drug-likeness (QED) is 0.356. The fourth-order valence-electron chi connectivity index (χ4n) is 4.70. The lowest BCUT2D eigenvalue weighted by molar-refractivity contribution is -0.835. The number of rotatable bonds is 7. The molecule has 0 saturated heterocycles. The van der Waals surface area contributed by atoms with Crippen LogP contribution in [0.15, 0.2) is 35.6 Å². The molecule has 2 rings (SSSR count). The Hall–Kier alpha value is -1.74. The van der Waals surface area contributed by atoms with Crippen molar-refractivity contribution in [1.82, 2.24) is 0 Å². The van der Waals surface area contributed by atoms with E-state index in [-0.39, 0.29) is 23.3 Å². The molecular formula is C24H38NO2+. The summed E-state index contributed by atoms with van der Waals surface area (Å²) in [6, 6.07) is 3.72. The van der Waals surface area contributed by atoms with Gasteiger partial charge in [0, 0.05) is 5.56 Å². The zero-order chi connectivity index (χ0) is 20.4. The van der Waals surface area contributed by atoms with Gasteiger partial charge in [0.15, 0.2) is 0 Å². The Bertz CT molecular complexity index is 701. The molecule has 2 atom stereocenters. The second-order valence-electron chi connectivity index (χ2n) is 9.15. The zero-order valence-electron chi connectivity index (χ0n) is 18.1. The number of benzene rings is 1. The van der Waals surface area contributed by atoms with Gasteiger partial charge in [0.05, 0.1) is 27.1 Å². The van der Waals surface area contributed by atoms with Crippen molar-refractivity contribution in [3.63, 3.8) is 0 Å². The van der Waals surface area contributed by atoms with Crippen LogP contribution in [0, 0.1) is 5.92 Å². The molecule has 3 heteroatoms. The van der Waals surface area contributed by atoms with Crippen molar-refractivity contribution in [2.24, 2.45) is 5.92 Å². The highest BCUT2D eigenvalue weighted by atomic mass is 16.3. The molecule has 1 aliphatic rings. The third-order valence-corrected chi connectivity index (χ3v) is 5.90. The number of hydrogen-bond donors (Lipinski definition) is 2. The summed E-state index contributed by atoms with van der Waals surface area (Å²) < 4.78 is 0.692. The van der Waals surface area contributed by atoms with Crippen molar-refractivity contribution in [1.29, 1.82) is 0 Å². The van der Waals surface area contributed by atoms with Crippen molar-refractivity contribution < 1.29 is 14.7 Å². The largest absolute Gasteiger partial charge is 0.507 e. The van der Waals surface area contributed by atoms with E-state index in [1.54, 1.807) is 0 Å². The lowest BCUT2D eigenvalue weighted by atomic mass is 9.70. The van der Waals surface area contributed by atoms with Crippen molar-refractivity contribution in [2.75, 3.05) is 21.1 Å². The van der Waals surface area contributed by atoms with E-state index in [1.807, 2.05) is 12.1 Å². The first kappa shape index (κ1) is 21.6. The maximum Gasteiger partial charge on any atom is 0.123 e. The maximum atomic E-state index is 10.9. The molecule has 0 aromatic heterocycles. The number of unbranched alkanes of at least 4 members (excludes halogenated alkanes) is 2.